The van der Waals surface area contributed by atoms with Gasteiger partial charge in [0.05, 0.1) is 0 Å². The molecular weight excluding hydrogens is 250 g/mol. The van der Waals surface area contributed by atoms with Gasteiger partial charge in [0.25, 0.3) is 0 Å². The molecule has 0 saturated heterocycles. The lowest BCUT2D eigenvalue weighted by atomic mass is 10.3. The highest BCUT2D eigenvalue weighted by Gasteiger charge is 2.17. The minimum absolute atomic E-state index is 0.351. The highest BCUT2D eigenvalue weighted by molar-refractivity contribution is 6.17. The van der Waals surface area contributed by atoms with Crippen molar-refractivity contribution in [2.45, 2.75) is 33.2 Å². The Labute approximate surface area is 112 Å². The highest BCUT2D eigenvalue weighted by atomic mass is 35.5. The van der Waals surface area contributed by atoms with Crippen LogP contribution in [-0.2, 0) is 0 Å². The number of alkyl halides is 1. The quantitative estimate of drug-likeness (QED) is 0.780. The van der Waals surface area contributed by atoms with Crippen molar-refractivity contribution >= 4 is 23.1 Å². The molecule has 2 heterocycles. The second-order valence-corrected chi connectivity index (χ2v) is 4.90. The van der Waals surface area contributed by atoms with E-state index in [1.165, 1.54) is 0 Å². The minimum Gasteiger partial charge on any atom is -0.351 e. The van der Waals surface area contributed by atoms with Crippen molar-refractivity contribution in [1.82, 2.24) is 19.6 Å². The number of aryl methyl sites for hydroxylation is 1. The maximum Gasteiger partial charge on any atom is 0.203 e. The second-order valence-electron chi connectivity index (χ2n) is 4.52. The molecule has 2 aromatic rings. The Bertz CT molecular complexity index is 522. The first kappa shape index (κ1) is 13.1. The summed E-state index contributed by atoms with van der Waals surface area (Å²) in [5, 5.41) is 8.30. The molecule has 2 rings (SSSR count). The van der Waals surface area contributed by atoms with E-state index in [0.29, 0.717) is 11.9 Å². The van der Waals surface area contributed by atoms with E-state index in [0.717, 1.165) is 30.3 Å². The molecule has 0 atom stereocenters. The van der Waals surface area contributed by atoms with Crippen LogP contribution >= 0.6 is 11.6 Å². The fourth-order valence-electron chi connectivity index (χ4n) is 1.97. The van der Waals surface area contributed by atoms with Crippen LogP contribution in [0.4, 0.5) is 5.82 Å². The molecule has 0 saturated carbocycles. The number of rotatable bonds is 5. The molecular formula is C12H18ClN5. The molecule has 0 radical (unpaired) electrons. The summed E-state index contributed by atoms with van der Waals surface area (Å²) in [6.45, 7) is 7.09. The number of halogens is 1. The van der Waals surface area contributed by atoms with Gasteiger partial charge in [0, 0.05) is 30.9 Å². The van der Waals surface area contributed by atoms with Crippen LogP contribution in [0.15, 0.2) is 12.4 Å². The number of hydrogen-bond acceptors (Lipinski definition) is 4. The molecule has 2 aromatic heterocycles. The van der Waals surface area contributed by atoms with E-state index in [4.69, 9.17) is 11.6 Å². The molecule has 0 aliphatic rings. The molecule has 0 fully saturated rings. The molecule has 0 bridgehead atoms. The lowest BCUT2D eigenvalue weighted by Crippen LogP contribution is -2.33. The summed E-state index contributed by atoms with van der Waals surface area (Å²) in [6, 6.07) is 0.351. The Morgan fingerprint density at radius 2 is 2.17 bits per heavy atom. The van der Waals surface area contributed by atoms with E-state index in [1.54, 1.807) is 6.20 Å². The van der Waals surface area contributed by atoms with Crippen molar-refractivity contribution in [3.05, 3.63) is 18.2 Å². The van der Waals surface area contributed by atoms with Crippen LogP contribution in [0.25, 0.3) is 5.65 Å². The van der Waals surface area contributed by atoms with Crippen LogP contribution < -0.4 is 4.90 Å². The molecule has 5 nitrogen and oxygen atoms in total. The van der Waals surface area contributed by atoms with Crippen molar-refractivity contribution in [2.75, 3.05) is 17.3 Å². The van der Waals surface area contributed by atoms with E-state index < -0.39 is 0 Å². The van der Waals surface area contributed by atoms with E-state index in [-0.39, 0.29) is 0 Å². The summed E-state index contributed by atoms with van der Waals surface area (Å²) in [5.41, 5.74) is 0.804. The van der Waals surface area contributed by atoms with Crippen LogP contribution in [0.2, 0.25) is 0 Å². The lowest BCUT2D eigenvalue weighted by molar-refractivity contribution is 0.663. The maximum atomic E-state index is 5.78. The van der Waals surface area contributed by atoms with Crippen LogP contribution in [-0.4, -0.2) is 38.0 Å². The molecule has 0 aliphatic heterocycles. The average molecular weight is 268 g/mol. The highest BCUT2D eigenvalue weighted by Crippen LogP contribution is 2.20. The van der Waals surface area contributed by atoms with Crippen molar-refractivity contribution in [3.8, 4) is 0 Å². The predicted octanol–water partition coefficient (Wildman–Crippen LogP) is 2.28. The fraction of sp³-hybridized carbons (Fsp3) is 0.583. The maximum absolute atomic E-state index is 5.78. The monoisotopic (exact) mass is 267 g/mol. The summed E-state index contributed by atoms with van der Waals surface area (Å²) in [7, 11) is 0. The van der Waals surface area contributed by atoms with Gasteiger partial charge < -0.3 is 4.90 Å². The van der Waals surface area contributed by atoms with Gasteiger partial charge in [-0.05, 0) is 27.2 Å². The van der Waals surface area contributed by atoms with Gasteiger partial charge in [-0.2, -0.15) is 0 Å². The molecule has 0 N–H and O–H groups in total. The smallest absolute Gasteiger partial charge is 0.203 e. The normalized spacial score (nSPS) is 11.4. The molecule has 0 aromatic carbocycles. The van der Waals surface area contributed by atoms with Crippen LogP contribution in [0, 0.1) is 6.92 Å². The zero-order valence-corrected chi connectivity index (χ0v) is 11.7. The Morgan fingerprint density at radius 1 is 1.39 bits per heavy atom. The minimum atomic E-state index is 0.351. The first-order valence-corrected chi connectivity index (χ1v) is 6.67. The van der Waals surface area contributed by atoms with Gasteiger partial charge in [-0.15, -0.1) is 21.8 Å². The summed E-state index contributed by atoms with van der Waals surface area (Å²) in [6.07, 6.45) is 4.60. The van der Waals surface area contributed by atoms with Crippen molar-refractivity contribution in [1.29, 1.82) is 0 Å². The molecule has 0 aliphatic carbocycles. The summed E-state index contributed by atoms with van der Waals surface area (Å²) >= 11 is 5.78. The van der Waals surface area contributed by atoms with Gasteiger partial charge in [0.1, 0.15) is 5.82 Å². The van der Waals surface area contributed by atoms with E-state index in [2.05, 4.69) is 33.9 Å². The van der Waals surface area contributed by atoms with Gasteiger partial charge in [0.2, 0.25) is 5.65 Å². The largest absolute Gasteiger partial charge is 0.351 e. The number of hydrogen-bond donors (Lipinski definition) is 0. The van der Waals surface area contributed by atoms with Gasteiger partial charge in [-0.25, -0.2) is 4.98 Å². The van der Waals surface area contributed by atoms with Crippen LogP contribution in [0.1, 0.15) is 26.1 Å². The fourth-order valence-corrected chi connectivity index (χ4v) is 2.09. The third-order valence-corrected chi connectivity index (χ3v) is 3.17. The molecule has 18 heavy (non-hydrogen) atoms. The second kappa shape index (κ2) is 5.52. The number of aromatic nitrogens is 4. The predicted molar refractivity (Wildman–Crippen MR) is 73.3 cm³/mol. The van der Waals surface area contributed by atoms with Gasteiger partial charge in [0.15, 0.2) is 5.82 Å². The molecule has 6 heteroatoms. The number of anilines is 1. The van der Waals surface area contributed by atoms with Gasteiger partial charge in [-0.1, -0.05) is 0 Å². The van der Waals surface area contributed by atoms with Crippen molar-refractivity contribution in [3.63, 3.8) is 0 Å². The van der Waals surface area contributed by atoms with Crippen LogP contribution in [0.5, 0.6) is 0 Å². The Morgan fingerprint density at radius 3 is 2.83 bits per heavy atom. The van der Waals surface area contributed by atoms with E-state index in [1.807, 2.05) is 17.5 Å². The van der Waals surface area contributed by atoms with Crippen molar-refractivity contribution < 1.29 is 0 Å². The summed E-state index contributed by atoms with van der Waals surface area (Å²) in [4.78, 5) is 6.67. The third-order valence-electron chi connectivity index (χ3n) is 2.91. The first-order valence-electron chi connectivity index (χ1n) is 6.14. The molecule has 0 spiro atoms. The third kappa shape index (κ3) is 2.41. The number of nitrogens with zero attached hydrogens (tertiary/aromatic N) is 5. The Balaban J connectivity index is 2.43. The Hall–Kier alpha value is -1.36. The average Bonchev–Trinajstić information content (AvgIpc) is 2.72. The van der Waals surface area contributed by atoms with Gasteiger partial charge >= 0.3 is 0 Å². The first-order chi connectivity index (χ1) is 8.65. The van der Waals surface area contributed by atoms with Gasteiger partial charge in [-0.3, -0.25) is 4.40 Å². The SMILES string of the molecule is Cc1nnc2c(N(CCCCl)C(C)C)nccn12. The lowest BCUT2D eigenvalue weighted by Gasteiger charge is -2.27. The topological polar surface area (TPSA) is 46.3 Å². The zero-order chi connectivity index (χ0) is 13.1. The Kier molecular flexibility index (Phi) is 4.01. The van der Waals surface area contributed by atoms with E-state index in [9.17, 15) is 0 Å². The molecule has 98 valence electrons. The van der Waals surface area contributed by atoms with E-state index >= 15 is 0 Å². The number of fused-ring (bicyclic) bond motifs is 1. The zero-order valence-electron chi connectivity index (χ0n) is 11.0. The summed E-state index contributed by atoms with van der Waals surface area (Å²) in [5.74, 6) is 2.39. The molecule has 0 amide bonds. The van der Waals surface area contributed by atoms with Crippen molar-refractivity contribution in [2.24, 2.45) is 0 Å². The summed E-state index contributed by atoms with van der Waals surface area (Å²) < 4.78 is 1.96. The standard InChI is InChI=1S/C12H18ClN5/c1-9(2)17(7-4-5-13)11-12-16-15-10(3)18(12)8-6-14-11/h6,8-9H,4-5,7H2,1-3H3. The molecule has 0 unspecified atom stereocenters. The van der Waals surface area contributed by atoms with Crippen LogP contribution in [0.3, 0.4) is 0 Å².